The average molecular weight is 335 g/mol. The molecule has 3 aliphatic carbocycles. The van der Waals surface area contributed by atoms with Gasteiger partial charge in [-0.05, 0) is 57.3 Å². The molecule has 0 aromatic heterocycles. The number of hydrogen-bond acceptors (Lipinski definition) is 4. The fourth-order valence-electron chi connectivity index (χ4n) is 4.60. The first kappa shape index (κ1) is 17.4. The van der Waals surface area contributed by atoms with Crippen molar-refractivity contribution in [3.05, 3.63) is 0 Å². The number of esters is 1. The molecule has 0 spiro atoms. The zero-order valence-corrected chi connectivity index (χ0v) is 14.6. The molecule has 134 valence electrons. The van der Waals surface area contributed by atoms with Crippen molar-refractivity contribution >= 4 is 17.7 Å². The number of Topliss-reactive ketones (excluding diaryl/α,β-unsaturated/α-hetero) is 1. The molecule has 0 aromatic rings. The van der Waals surface area contributed by atoms with Gasteiger partial charge in [0.25, 0.3) is 5.91 Å². The van der Waals surface area contributed by atoms with Crippen LogP contribution in [0.1, 0.15) is 64.7 Å². The lowest BCUT2D eigenvalue weighted by molar-refractivity contribution is -0.156. The van der Waals surface area contributed by atoms with Gasteiger partial charge in [0.15, 0.2) is 6.61 Å². The zero-order chi connectivity index (χ0) is 17.1. The van der Waals surface area contributed by atoms with Gasteiger partial charge >= 0.3 is 5.97 Å². The van der Waals surface area contributed by atoms with Gasteiger partial charge < -0.3 is 10.1 Å². The molecule has 3 rings (SSSR count). The van der Waals surface area contributed by atoms with Crippen LogP contribution < -0.4 is 5.32 Å². The molecule has 3 atom stereocenters. The molecule has 3 saturated carbocycles. The largest absolute Gasteiger partial charge is 0.455 e. The van der Waals surface area contributed by atoms with Gasteiger partial charge in [-0.25, -0.2) is 0 Å². The van der Waals surface area contributed by atoms with E-state index < -0.39 is 0 Å². The predicted molar refractivity (Wildman–Crippen MR) is 89.1 cm³/mol. The summed E-state index contributed by atoms with van der Waals surface area (Å²) in [7, 11) is 0. The molecule has 0 heterocycles. The molecule has 3 aliphatic rings. The molecule has 0 saturated heterocycles. The van der Waals surface area contributed by atoms with E-state index in [1.807, 2.05) is 0 Å². The smallest absolute Gasteiger partial charge is 0.309 e. The lowest BCUT2D eigenvalue weighted by Crippen LogP contribution is -2.42. The standard InChI is InChI=1S/C19H29NO4/c1-12-5-7-16(8-6-12)20-17(21)11-24-19(23)15-9-13-3-2-4-14(10-15)18(13)22/h12-16H,2-11H2,1H3,(H,20,21)/t12?,13-,14+,15?,16?. The third-order valence-electron chi connectivity index (χ3n) is 6.11. The topological polar surface area (TPSA) is 72.5 Å². The lowest BCUT2D eigenvalue weighted by Gasteiger charge is -2.36. The van der Waals surface area contributed by atoms with Crippen LogP contribution in [0.4, 0.5) is 0 Å². The minimum absolute atomic E-state index is 0.0353. The number of ketones is 1. The van der Waals surface area contributed by atoms with Crippen molar-refractivity contribution in [2.75, 3.05) is 6.61 Å². The van der Waals surface area contributed by atoms with Crippen LogP contribution in [0.5, 0.6) is 0 Å². The number of hydrogen-bond donors (Lipinski definition) is 1. The lowest BCUT2D eigenvalue weighted by atomic mass is 9.67. The summed E-state index contributed by atoms with van der Waals surface area (Å²) in [4.78, 5) is 36.3. The van der Waals surface area contributed by atoms with Crippen molar-refractivity contribution in [3.63, 3.8) is 0 Å². The monoisotopic (exact) mass is 335 g/mol. The number of carbonyl (C=O) groups is 3. The Morgan fingerprint density at radius 2 is 1.67 bits per heavy atom. The Balaban J connectivity index is 1.40. The first-order chi connectivity index (χ1) is 11.5. The molecule has 1 unspecified atom stereocenters. The maximum atomic E-state index is 12.3. The SMILES string of the molecule is CC1CCC(NC(=O)COC(=O)C2C[C@H]3CCC[C@@H](C2)C3=O)CC1. The van der Waals surface area contributed by atoms with Gasteiger partial charge in [-0.2, -0.15) is 0 Å². The molecule has 1 N–H and O–H groups in total. The van der Waals surface area contributed by atoms with Crippen molar-refractivity contribution < 1.29 is 19.1 Å². The van der Waals surface area contributed by atoms with E-state index in [2.05, 4.69) is 12.2 Å². The van der Waals surface area contributed by atoms with Gasteiger partial charge in [0.1, 0.15) is 5.78 Å². The molecule has 0 radical (unpaired) electrons. The number of ether oxygens (including phenoxy) is 1. The highest BCUT2D eigenvalue weighted by Gasteiger charge is 2.41. The Bertz CT molecular complexity index is 480. The van der Waals surface area contributed by atoms with Crippen molar-refractivity contribution in [3.8, 4) is 0 Å². The molecule has 24 heavy (non-hydrogen) atoms. The molecule has 5 heteroatoms. The number of carbonyl (C=O) groups excluding carboxylic acids is 3. The van der Waals surface area contributed by atoms with Crippen LogP contribution in [0.2, 0.25) is 0 Å². The summed E-state index contributed by atoms with van der Waals surface area (Å²) in [5.74, 6) is 0.448. The van der Waals surface area contributed by atoms with Gasteiger partial charge in [-0.15, -0.1) is 0 Å². The summed E-state index contributed by atoms with van der Waals surface area (Å²) in [6.45, 7) is 2.05. The normalized spacial score (nSPS) is 36.0. The van der Waals surface area contributed by atoms with E-state index >= 15 is 0 Å². The van der Waals surface area contributed by atoms with Crippen molar-refractivity contribution in [2.24, 2.45) is 23.7 Å². The molecule has 5 nitrogen and oxygen atoms in total. The Kier molecular flexibility index (Phi) is 5.57. The highest BCUT2D eigenvalue weighted by Crippen LogP contribution is 2.40. The number of nitrogens with one attached hydrogen (secondary N) is 1. The third kappa shape index (κ3) is 4.17. The summed E-state index contributed by atoms with van der Waals surface area (Å²) >= 11 is 0. The highest BCUT2D eigenvalue weighted by atomic mass is 16.5. The van der Waals surface area contributed by atoms with Crippen LogP contribution in [-0.2, 0) is 19.1 Å². The summed E-state index contributed by atoms with van der Waals surface area (Å²) in [5, 5.41) is 2.97. The van der Waals surface area contributed by atoms with E-state index in [9.17, 15) is 14.4 Å². The van der Waals surface area contributed by atoms with Crippen LogP contribution in [-0.4, -0.2) is 30.3 Å². The molecule has 0 aliphatic heterocycles. The Hall–Kier alpha value is -1.39. The van der Waals surface area contributed by atoms with Gasteiger partial charge in [-0.3, -0.25) is 14.4 Å². The van der Waals surface area contributed by atoms with Crippen LogP contribution in [0.25, 0.3) is 0 Å². The van der Waals surface area contributed by atoms with E-state index in [-0.39, 0.29) is 42.3 Å². The molecule has 2 bridgehead atoms. The molecular formula is C19H29NO4. The van der Waals surface area contributed by atoms with Crippen molar-refractivity contribution in [2.45, 2.75) is 70.8 Å². The van der Waals surface area contributed by atoms with Crippen molar-refractivity contribution in [1.82, 2.24) is 5.32 Å². The van der Waals surface area contributed by atoms with Crippen LogP contribution >= 0.6 is 0 Å². The van der Waals surface area contributed by atoms with Crippen LogP contribution in [0.3, 0.4) is 0 Å². The summed E-state index contributed by atoms with van der Waals surface area (Å²) < 4.78 is 5.24. The van der Waals surface area contributed by atoms with E-state index in [4.69, 9.17) is 4.74 Å². The van der Waals surface area contributed by atoms with E-state index in [0.717, 1.165) is 50.9 Å². The minimum atomic E-state index is -0.299. The maximum absolute atomic E-state index is 12.3. The third-order valence-corrected chi connectivity index (χ3v) is 6.11. The van der Waals surface area contributed by atoms with Crippen LogP contribution in [0.15, 0.2) is 0 Å². The number of fused-ring (bicyclic) bond motifs is 2. The fourth-order valence-corrected chi connectivity index (χ4v) is 4.60. The second kappa shape index (κ2) is 7.66. The first-order valence-electron chi connectivity index (χ1n) is 9.52. The molecule has 0 aromatic carbocycles. The second-order valence-electron chi connectivity index (χ2n) is 8.03. The zero-order valence-electron chi connectivity index (χ0n) is 14.6. The number of rotatable bonds is 4. The molecule has 3 fully saturated rings. The highest BCUT2D eigenvalue weighted by molar-refractivity contribution is 5.88. The summed E-state index contributed by atoms with van der Waals surface area (Å²) in [6.07, 6.45) is 8.41. The second-order valence-corrected chi connectivity index (χ2v) is 8.03. The number of amides is 1. The Morgan fingerprint density at radius 3 is 2.29 bits per heavy atom. The average Bonchev–Trinajstić information content (AvgIpc) is 2.54. The summed E-state index contributed by atoms with van der Waals surface area (Å²) in [5.41, 5.74) is 0. The Morgan fingerprint density at radius 1 is 1.04 bits per heavy atom. The van der Waals surface area contributed by atoms with Crippen molar-refractivity contribution in [1.29, 1.82) is 0 Å². The van der Waals surface area contributed by atoms with Crippen LogP contribution in [0, 0.1) is 23.7 Å². The first-order valence-corrected chi connectivity index (χ1v) is 9.52. The quantitative estimate of drug-likeness (QED) is 0.802. The molecular weight excluding hydrogens is 306 g/mol. The van der Waals surface area contributed by atoms with Gasteiger partial charge in [0.05, 0.1) is 5.92 Å². The maximum Gasteiger partial charge on any atom is 0.309 e. The van der Waals surface area contributed by atoms with E-state index in [1.54, 1.807) is 0 Å². The van der Waals surface area contributed by atoms with Gasteiger partial charge in [0.2, 0.25) is 0 Å². The summed E-state index contributed by atoms with van der Waals surface area (Å²) in [6, 6.07) is 0.221. The predicted octanol–water partition coefficient (Wildman–Crippen LogP) is 2.62. The van der Waals surface area contributed by atoms with Gasteiger partial charge in [0, 0.05) is 17.9 Å². The Labute approximate surface area is 143 Å². The minimum Gasteiger partial charge on any atom is -0.455 e. The molecule has 1 amide bonds. The van der Waals surface area contributed by atoms with E-state index in [1.165, 1.54) is 0 Å². The fraction of sp³-hybridized carbons (Fsp3) is 0.842. The van der Waals surface area contributed by atoms with Gasteiger partial charge in [-0.1, -0.05) is 13.3 Å². The van der Waals surface area contributed by atoms with E-state index in [0.29, 0.717) is 18.6 Å².